The topological polar surface area (TPSA) is 119 Å². The van der Waals surface area contributed by atoms with Crippen molar-refractivity contribution in [2.24, 2.45) is 12.8 Å². The van der Waals surface area contributed by atoms with Crippen LogP contribution in [0.1, 0.15) is 20.8 Å². The van der Waals surface area contributed by atoms with E-state index in [1.165, 1.54) is 12.3 Å². The molecule has 116 valence electrons. The molecule has 2 amide bonds. The minimum absolute atomic E-state index is 0.242. The van der Waals surface area contributed by atoms with Crippen molar-refractivity contribution in [2.45, 2.75) is 0 Å². The summed E-state index contributed by atoms with van der Waals surface area (Å²) >= 11 is 0. The van der Waals surface area contributed by atoms with E-state index in [1.807, 2.05) is 19.2 Å². The lowest BCUT2D eigenvalue weighted by Crippen LogP contribution is -2.14. The normalized spacial score (nSPS) is 10.5. The molecule has 2 aromatic heterocycles. The van der Waals surface area contributed by atoms with Gasteiger partial charge in [0.05, 0.1) is 11.3 Å². The highest BCUT2D eigenvalue weighted by atomic mass is 16.2. The number of nitrogens with two attached hydrogens (primary N) is 1. The van der Waals surface area contributed by atoms with Crippen molar-refractivity contribution in [2.75, 3.05) is 5.32 Å². The van der Waals surface area contributed by atoms with Crippen molar-refractivity contribution in [3.63, 3.8) is 0 Å². The van der Waals surface area contributed by atoms with E-state index in [0.29, 0.717) is 11.5 Å². The molecule has 0 aliphatic carbocycles. The van der Waals surface area contributed by atoms with Gasteiger partial charge in [-0.1, -0.05) is 12.1 Å². The Kier molecular flexibility index (Phi) is 3.63. The van der Waals surface area contributed by atoms with Gasteiger partial charge in [0.25, 0.3) is 5.91 Å². The first-order chi connectivity index (χ1) is 11.1. The van der Waals surface area contributed by atoms with E-state index < -0.39 is 5.91 Å². The van der Waals surface area contributed by atoms with Crippen molar-refractivity contribution in [3.8, 4) is 11.4 Å². The van der Waals surface area contributed by atoms with Gasteiger partial charge in [0, 0.05) is 18.8 Å². The summed E-state index contributed by atoms with van der Waals surface area (Å²) in [6.45, 7) is 0. The lowest BCUT2D eigenvalue weighted by molar-refractivity contribution is 0.0999. The van der Waals surface area contributed by atoms with Crippen LogP contribution in [0.2, 0.25) is 0 Å². The lowest BCUT2D eigenvalue weighted by Gasteiger charge is -2.09. The van der Waals surface area contributed by atoms with Crippen LogP contribution in [-0.4, -0.2) is 31.6 Å². The van der Waals surface area contributed by atoms with Gasteiger partial charge in [0.2, 0.25) is 5.91 Å². The average Bonchev–Trinajstić information content (AvgIpc) is 3.17. The van der Waals surface area contributed by atoms with E-state index in [0.717, 1.165) is 5.56 Å². The Balaban J connectivity index is 1.90. The molecular weight excluding hydrogens is 296 g/mol. The first-order valence-electron chi connectivity index (χ1n) is 6.79. The molecular formula is C15H14N6O2. The zero-order valence-electron chi connectivity index (χ0n) is 12.3. The largest absolute Gasteiger partial charge is 0.366 e. The fraction of sp³-hybridized carbons (Fsp3) is 0.0667. The maximum absolute atomic E-state index is 12.3. The zero-order valence-corrected chi connectivity index (χ0v) is 12.3. The Morgan fingerprint density at radius 2 is 2.09 bits per heavy atom. The van der Waals surface area contributed by atoms with Crippen LogP contribution in [0.15, 0.2) is 42.9 Å². The molecule has 23 heavy (non-hydrogen) atoms. The number of anilines is 1. The first kappa shape index (κ1) is 14.5. The molecule has 0 spiro atoms. The molecule has 0 fully saturated rings. The molecule has 1 aromatic carbocycles. The molecule has 0 saturated carbocycles. The maximum atomic E-state index is 12.3. The van der Waals surface area contributed by atoms with Crippen LogP contribution in [0.4, 0.5) is 5.69 Å². The van der Waals surface area contributed by atoms with Gasteiger partial charge in [-0.05, 0) is 18.2 Å². The van der Waals surface area contributed by atoms with E-state index in [4.69, 9.17) is 5.73 Å². The number of aromatic nitrogens is 4. The van der Waals surface area contributed by atoms with E-state index >= 15 is 0 Å². The minimum atomic E-state index is -0.597. The van der Waals surface area contributed by atoms with Crippen LogP contribution >= 0.6 is 0 Å². The molecule has 2 heterocycles. The third kappa shape index (κ3) is 2.82. The number of rotatable bonds is 4. The second-order valence-electron chi connectivity index (χ2n) is 4.93. The number of carbonyl (C=O) groups is 2. The van der Waals surface area contributed by atoms with Gasteiger partial charge in [0.1, 0.15) is 12.0 Å². The van der Waals surface area contributed by atoms with Crippen molar-refractivity contribution in [1.82, 2.24) is 19.7 Å². The molecule has 0 unspecified atom stereocenters. The van der Waals surface area contributed by atoms with Crippen LogP contribution in [0.3, 0.4) is 0 Å². The molecule has 3 rings (SSSR count). The standard InChI is InChI=1S/C15H14N6O2/c1-21-8-18-20-14(21)10-4-2-3-5-11(10)19-15(23)12-6-9(7-17-12)13(16)22/h2-8,17H,1H3,(H2,16,22)(H,19,23). The van der Waals surface area contributed by atoms with Crippen molar-refractivity contribution < 1.29 is 9.59 Å². The number of aryl methyl sites for hydroxylation is 1. The third-order valence-electron chi connectivity index (χ3n) is 3.34. The summed E-state index contributed by atoms with van der Waals surface area (Å²) in [6.07, 6.45) is 2.98. The van der Waals surface area contributed by atoms with Gasteiger partial charge < -0.3 is 20.6 Å². The van der Waals surface area contributed by atoms with Gasteiger partial charge in [-0.15, -0.1) is 10.2 Å². The highest BCUT2D eigenvalue weighted by Crippen LogP contribution is 2.25. The second kappa shape index (κ2) is 5.76. The summed E-state index contributed by atoms with van der Waals surface area (Å²) in [5.74, 6) is -0.350. The zero-order chi connectivity index (χ0) is 16.4. The van der Waals surface area contributed by atoms with E-state index in [9.17, 15) is 9.59 Å². The Hall–Kier alpha value is -3.42. The van der Waals surface area contributed by atoms with Crippen LogP contribution in [0.25, 0.3) is 11.4 Å². The highest BCUT2D eigenvalue weighted by molar-refractivity contribution is 6.06. The third-order valence-corrected chi connectivity index (χ3v) is 3.34. The maximum Gasteiger partial charge on any atom is 0.272 e. The van der Waals surface area contributed by atoms with E-state index in [-0.39, 0.29) is 17.2 Å². The molecule has 0 aliphatic heterocycles. The van der Waals surface area contributed by atoms with Crippen LogP contribution in [0, 0.1) is 0 Å². The summed E-state index contributed by atoms with van der Waals surface area (Å²) in [5, 5.41) is 10.7. The predicted molar refractivity (Wildman–Crippen MR) is 83.7 cm³/mol. The number of amides is 2. The number of nitrogens with one attached hydrogen (secondary N) is 2. The first-order valence-corrected chi connectivity index (χ1v) is 6.79. The molecule has 0 aliphatic rings. The Labute approximate surface area is 131 Å². The van der Waals surface area contributed by atoms with Crippen molar-refractivity contribution in [3.05, 3.63) is 54.1 Å². The number of aromatic amines is 1. The smallest absolute Gasteiger partial charge is 0.272 e. The number of primary amides is 1. The molecule has 0 bridgehead atoms. The predicted octanol–water partition coefficient (Wildman–Crippen LogP) is 1.16. The second-order valence-corrected chi connectivity index (χ2v) is 4.93. The van der Waals surface area contributed by atoms with Gasteiger partial charge in [0.15, 0.2) is 5.82 Å². The summed E-state index contributed by atoms with van der Waals surface area (Å²) in [7, 11) is 1.82. The number of hydrogen-bond donors (Lipinski definition) is 3. The summed E-state index contributed by atoms with van der Waals surface area (Å²) in [5.41, 5.74) is 6.99. The van der Waals surface area contributed by atoms with Crippen LogP contribution < -0.4 is 11.1 Å². The molecule has 0 saturated heterocycles. The SMILES string of the molecule is Cn1cnnc1-c1ccccc1NC(=O)c1cc(C(N)=O)c[nH]1. The number of H-pyrrole nitrogens is 1. The lowest BCUT2D eigenvalue weighted by atomic mass is 10.1. The fourth-order valence-electron chi connectivity index (χ4n) is 2.17. The van der Waals surface area contributed by atoms with Crippen molar-refractivity contribution in [1.29, 1.82) is 0 Å². The average molecular weight is 310 g/mol. The summed E-state index contributed by atoms with van der Waals surface area (Å²) in [6, 6.07) is 8.66. The van der Waals surface area contributed by atoms with Crippen LogP contribution in [0.5, 0.6) is 0 Å². The van der Waals surface area contributed by atoms with E-state index in [2.05, 4.69) is 20.5 Å². The van der Waals surface area contributed by atoms with Gasteiger partial charge >= 0.3 is 0 Å². The molecule has 4 N–H and O–H groups in total. The Bertz CT molecular complexity index is 879. The van der Waals surface area contributed by atoms with Crippen LogP contribution in [-0.2, 0) is 7.05 Å². The van der Waals surface area contributed by atoms with Crippen molar-refractivity contribution >= 4 is 17.5 Å². The Morgan fingerprint density at radius 1 is 1.30 bits per heavy atom. The number of carbonyl (C=O) groups excluding carboxylic acids is 2. The molecule has 8 nitrogen and oxygen atoms in total. The number of nitrogens with zero attached hydrogens (tertiary/aromatic N) is 3. The molecule has 8 heteroatoms. The number of para-hydroxylation sites is 1. The highest BCUT2D eigenvalue weighted by Gasteiger charge is 2.15. The quantitative estimate of drug-likeness (QED) is 0.670. The Morgan fingerprint density at radius 3 is 2.74 bits per heavy atom. The van der Waals surface area contributed by atoms with Gasteiger partial charge in [-0.25, -0.2) is 0 Å². The van der Waals surface area contributed by atoms with E-state index in [1.54, 1.807) is 23.0 Å². The minimum Gasteiger partial charge on any atom is -0.366 e. The monoisotopic (exact) mass is 310 g/mol. The summed E-state index contributed by atoms with van der Waals surface area (Å²) < 4.78 is 1.75. The van der Waals surface area contributed by atoms with Gasteiger partial charge in [-0.3, -0.25) is 9.59 Å². The van der Waals surface area contributed by atoms with Gasteiger partial charge in [-0.2, -0.15) is 0 Å². The fourth-order valence-corrected chi connectivity index (χ4v) is 2.17. The molecule has 3 aromatic rings. The molecule has 0 atom stereocenters. The number of benzene rings is 1. The number of hydrogen-bond acceptors (Lipinski definition) is 4. The molecule has 0 radical (unpaired) electrons. The summed E-state index contributed by atoms with van der Waals surface area (Å²) in [4.78, 5) is 26.1.